The van der Waals surface area contributed by atoms with Crippen LogP contribution in [0.3, 0.4) is 0 Å². The maximum Gasteiger partial charge on any atom is 0.236 e. The fourth-order valence-electron chi connectivity index (χ4n) is 2.36. The molecule has 0 aliphatic heterocycles. The van der Waals surface area contributed by atoms with Gasteiger partial charge in [-0.15, -0.1) is 0 Å². The summed E-state index contributed by atoms with van der Waals surface area (Å²) in [4.78, 5) is 12.6. The average molecular weight is 315 g/mol. The molecular weight excluding hydrogens is 296 g/mol. The van der Waals surface area contributed by atoms with E-state index in [0.717, 1.165) is 25.7 Å². The molecule has 2 rings (SSSR count). The Kier molecular flexibility index (Phi) is 5.05. The van der Waals surface area contributed by atoms with Crippen molar-refractivity contribution in [2.24, 2.45) is 0 Å². The van der Waals surface area contributed by atoms with Crippen LogP contribution in [0.1, 0.15) is 32.6 Å². The molecule has 110 valence electrons. The maximum atomic E-state index is 12.4. The number of nitrogen functional groups attached to an aromatic ring is 1. The lowest BCUT2D eigenvalue weighted by atomic mass is 10.2. The number of amides is 1. The number of carbonyl (C=O) groups excluding carboxylic acids is 1. The van der Waals surface area contributed by atoms with E-state index in [-0.39, 0.29) is 11.9 Å². The summed E-state index contributed by atoms with van der Waals surface area (Å²) in [5.74, 6) is -0.178. The largest absolute Gasteiger partial charge is 0.399 e. The molecule has 1 aliphatic rings. The average Bonchev–Trinajstić information content (AvgIpc) is 2.90. The molecule has 6 heteroatoms. The SMILES string of the molecule is CC(C(=O)NC1CCCC1)S(=O)c1ccc(N)cc1Cl. The summed E-state index contributed by atoms with van der Waals surface area (Å²) in [6.07, 6.45) is 4.31. The van der Waals surface area contributed by atoms with Crippen molar-refractivity contribution in [1.29, 1.82) is 0 Å². The Hall–Kier alpha value is -1.07. The second kappa shape index (κ2) is 6.59. The third-order valence-electron chi connectivity index (χ3n) is 3.56. The van der Waals surface area contributed by atoms with E-state index < -0.39 is 16.0 Å². The molecule has 1 amide bonds. The van der Waals surface area contributed by atoms with Crippen molar-refractivity contribution in [1.82, 2.24) is 5.32 Å². The van der Waals surface area contributed by atoms with Gasteiger partial charge < -0.3 is 11.1 Å². The summed E-state index contributed by atoms with van der Waals surface area (Å²) in [6, 6.07) is 5.04. The molecule has 1 aromatic rings. The minimum Gasteiger partial charge on any atom is -0.399 e. The van der Waals surface area contributed by atoms with Crippen molar-refractivity contribution < 1.29 is 9.00 Å². The molecule has 0 aromatic heterocycles. The van der Waals surface area contributed by atoms with Crippen LogP contribution in [0.2, 0.25) is 5.02 Å². The van der Waals surface area contributed by atoms with Crippen molar-refractivity contribution in [3.8, 4) is 0 Å². The number of hydrogen-bond acceptors (Lipinski definition) is 3. The van der Waals surface area contributed by atoms with Crippen LogP contribution >= 0.6 is 11.6 Å². The Morgan fingerprint density at radius 1 is 1.45 bits per heavy atom. The van der Waals surface area contributed by atoms with Crippen LogP contribution < -0.4 is 11.1 Å². The lowest BCUT2D eigenvalue weighted by Crippen LogP contribution is -2.40. The van der Waals surface area contributed by atoms with E-state index in [4.69, 9.17) is 17.3 Å². The number of nitrogens with two attached hydrogens (primary N) is 1. The number of halogens is 1. The van der Waals surface area contributed by atoms with Gasteiger partial charge in [0.25, 0.3) is 0 Å². The van der Waals surface area contributed by atoms with Crippen LogP contribution in [0.5, 0.6) is 0 Å². The second-order valence-electron chi connectivity index (χ2n) is 5.12. The number of anilines is 1. The molecule has 2 atom stereocenters. The summed E-state index contributed by atoms with van der Waals surface area (Å²) >= 11 is 6.04. The molecule has 0 bridgehead atoms. The molecular formula is C14H19ClN2O2S. The molecule has 3 N–H and O–H groups in total. The zero-order valence-electron chi connectivity index (χ0n) is 11.4. The summed E-state index contributed by atoms with van der Waals surface area (Å²) in [7, 11) is -1.48. The highest BCUT2D eigenvalue weighted by Crippen LogP contribution is 2.25. The standard InChI is InChI=1S/C14H19ClN2O2S/c1-9(14(18)17-11-4-2-3-5-11)20(19)13-7-6-10(16)8-12(13)15/h6-9,11H,2-5,16H2,1H3,(H,17,18). The number of nitrogens with one attached hydrogen (secondary N) is 1. The maximum absolute atomic E-state index is 12.4. The van der Waals surface area contributed by atoms with Gasteiger partial charge in [0.15, 0.2) is 0 Å². The Morgan fingerprint density at radius 2 is 2.10 bits per heavy atom. The van der Waals surface area contributed by atoms with Gasteiger partial charge >= 0.3 is 0 Å². The molecule has 0 saturated heterocycles. The second-order valence-corrected chi connectivity index (χ2v) is 7.27. The van der Waals surface area contributed by atoms with Gasteiger partial charge in [0, 0.05) is 11.7 Å². The number of carbonyl (C=O) groups is 1. The smallest absolute Gasteiger partial charge is 0.236 e. The Morgan fingerprint density at radius 3 is 2.70 bits per heavy atom. The molecule has 0 spiro atoms. The Balaban J connectivity index is 2.05. The first kappa shape index (κ1) is 15.3. The van der Waals surface area contributed by atoms with Gasteiger partial charge in [0.05, 0.1) is 20.7 Å². The minimum absolute atomic E-state index is 0.178. The monoisotopic (exact) mass is 314 g/mol. The lowest BCUT2D eigenvalue weighted by Gasteiger charge is -2.17. The lowest BCUT2D eigenvalue weighted by molar-refractivity contribution is -0.121. The van der Waals surface area contributed by atoms with Crippen molar-refractivity contribution in [2.75, 3.05) is 5.73 Å². The van der Waals surface area contributed by atoms with Crippen molar-refractivity contribution in [2.45, 2.75) is 48.8 Å². The van der Waals surface area contributed by atoms with Crippen LogP contribution in [-0.2, 0) is 15.6 Å². The van der Waals surface area contributed by atoms with Gasteiger partial charge in [-0.3, -0.25) is 9.00 Å². The summed E-state index contributed by atoms with van der Waals surface area (Å²) in [5.41, 5.74) is 6.12. The third-order valence-corrected chi connectivity index (χ3v) is 5.64. The number of hydrogen-bond donors (Lipinski definition) is 2. The molecule has 1 aromatic carbocycles. The molecule has 1 fully saturated rings. The van der Waals surface area contributed by atoms with Crippen LogP contribution in [0.25, 0.3) is 0 Å². The third kappa shape index (κ3) is 3.52. The van der Waals surface area contributed by atoms with Gasteiger partial charge in [-0.05, 0) is 38.0 Å². The quantitative estimate of drug-likeness (QED) is 0.839. The summed E-state index contributed by atoms with van der Waals surface area (Å²) in [6.45, 7) is 1.66. The summed E-state index contributed by atoms with van der Waals surface area (Å²) in [5, 5.41) is 2.67. The van der Waals surface area contributed by atoms with Crippen LogP contribution in [0.4, 0.5) is 5.69 Å². The first-order valence-corrected chi connectivity index (χ1v) is 8.34. The molecule has 2 unspecified atom stereocenters. The van der Waals surface area contributed by atoms with E-state index in [0.29, 0.717) is 15.6 Å². The molecule has 4 nitrogen and oxygen atoms in total. The normalized spacial score (nSPS) is 18.7. The van der Waals surface area contributed by atoms with Crippen LogP contribution in [0.15, 0.2) is 23.1 Å². The van der Waals surface area contributed by atoms with E-state index in [1.807, 2.05) is 0 Å². The van der Waals surface area contributed by atoms with Gasteiger partial charge in [-0.2, -0.15) is 0 Å². The highest BCUT2D eigenvalue weighted by Gasteiger charge is 2.26. The Labute approximate surface area is 126 Å². The fourth-order valence-corrected chi connectivity index (χ4v) is 3.87. The molecule has 0 heterocycles. The highest BCUT2D eigenvalue weighted by molar-refractivity contribution is 7.86. The Bertz CT molecular complexity index is 530. The van der Waals surface area contributed by atoms with Crippen molar-refractivity contribution in [3.05, 3.63) is 23.2 Å². The van der Waals surface area contributed by atoms with Crippen molar-refractivity contribution >= 4 is 34.0 Å². The topological polar surface area (TPSA) is 72.2 Å². The predicted molar refractivity (Wildman–Crippen MR) is 82.1 cm³/mol. The van der Waals surface area contributed by atoms with Crippen LogP contribution in [0, 0.1) is 0 Å². The molecule has 20 heavy (non-hydrogen) atoms. The first-order chi connectivity index (χ1) is 9.49. The van der Waals surface area contributed by atoms with E-state index in [1.54, 1.807) is 25.1 Å². The highest BCUT2D eigenvalue weighted by atomic mass is 35.5. The fraction of sp³-hybridized carbons (Fsp3) is 0.500. The zero-order chi connectivity index (χ0) is 14.7. The van der Waals surface area contributed by atoms with E-state index in [9.17, 15) is 9.00 Å². The van der Waals surface area contributed by atoms with Gasteiger partial charge in [0.1, 0.15) is 5.25 Å². The predicted octanol–water partition coefficient (Wildman–Crippen LogP) is 2.48. The minimum atomic E-state index is -1.48. The first-order valence-electron chi connectivity index (χ1n) is 6.75. The number of rotatable bonds is 4. The molecule has 1 saturated carbocycles. The summed E-state index contributed by atoms with van der Waals surface area (Å²) < 4.78 is 12.4. The zero-order valence-corrected chi connectivity index (χ0v) is 13.0. The van der Waals surface area contributed by atoms with Gasteiger partial charge in [0.2, 0.25) is 5.91 Å². The molecule has 0 radical (unpaired) electrons. The molecule has 1 aliphatic carbocycles. The van der Waals surface area contributed by atoms with Crippen molar-refractivity contribution in [3.63, 3.8) is 0 Å². The van der Waals surface area contributed by atoms with E-state index in [1.165, 1.54) is 0 Å². The van der Waals surface area contributed by atoms with E-state index in [2.05, 4.69) is 5.32 Å². The van der Waals surface area contributed by atoms with E-state index >= 15 is 0 Å². The van der Waals surface area contributed by atoms with Crippen LogP contribution in [-0.4, -0.2) is 21.4 Å². The van der Waals surface area contributed by atoms with Gasteiger partial charge in [-0.25, -0.2) is 0 Å². The number of benzene rings is 1. The van der Waals surface area contributed by atoms with Gasteiger partial charge in [-0.1, -0.05) is 24.4 Å².